The smallest absolute Gasteiger partial charge is 0.310 e. The molecule has 0 aliphatic rings. The predicted octanol–water partition coefficient (Wildman–Crippen LogP) is 8.36. The number of esters is 1. The quantitative estimate of drug-likeness (QED) is 0.234. The van der Waals surface area contributed by atoms with Gasteiger partial charge in [-0.3, -0.25) is 4.79 Å². The van der Waals surface area contributed by atoms with Crippen molar-refractivity contribution < 1.29 is 19.4 Å². The van der Waals surface area contributed by atoms with Gasteiger partial charge in [-0.25, -0.2) is 0 Å². The molecule has 0 atom stereocenters. The molecule has 0 bridgehead atoms. The summed E-state index contributed by atoms with van der Waals surface area (Å²) in [4.78, 5) is 12.0. The monoisotopic (exact) mass is 542 g/mol. The molecule has 0 fully saturated rings. The van der Waals surface area contributed by atoms with Crippen molar-refractivity contribution in [3.63, 3.8) is 0 Å². The zero-order valence-corrected chi connectivity index (χ0v) is 25.6. The summed E-state index contributed by atoms with van der Waals surface area (Å²) in [5.74, 6) is 0.392. The summed E-state index contributed by atoms with van der Waals surface area (Å²) in [6.45, 7) is 12.9. The van der Waals surface area contributed by atoms with Crippen LogP contribution in [-0.4, -0.2) is 30.9 Å². The Hall–Kier alpha value is -3.37. The maximum atomic E-state index is 12.0. The first kappa shape index (κ1) is 31.2. The van der Waals surface area contributed by atoms with Gasteiger partial charge in [-0.1, -0.05) is 82.3 Å². The van der Waals surface area contributed by atoms with Crippen molar-refractivity contribution in [2.75, 3.05) is 14.2 Å². The minimum Gasteiger partial charge on any atom is -0.496 e. The number of hydrogen-bond acceptors (Lipinski definition) is 4. The van der Waals surface area contributed by atoms with Crippen LogP contribution in [0, 0.1) is 13.8 Å². The number of hydrogen-bond donors (Lipinski definition) is 1. The van der Waals surface area contributed by atoms with Gasteiger partial charge in [-0.15, -0.1) is 0 Å². The first-order chi connectivity index (χ1) is 19.1. The van der Waals surface area contributed by atoms with Gasteiger partial charge >= 0.3 is 5.97 Å². The third-order valence-corrected chi connectivity index (χ3v) is 8.76. The molecule has 214 valence electrons. The Morgan fingerprint density at radius 1 is 0.825 bits per heavy atom. The second-order valence-electron chi connectivity index (χ2n) is 10.8. The standard InChI is InChI=1S/C36H46O4/c1-9-35(38,10-2)20-19-27-13-15-30(21-25(27)5)36(11-3,12-4)31-16-17-32(26(6)22-31)28-14-18-33(39-7)29(23-28)24-34(37)40-8/h13-23,38H,9-12,24H2,1-8H3. The third-order valence-electron chi connectivity index (χ3n) is 8.76. The van der Waals surface area contributed by atoms with Gasteiger partial charge in [-0.2, -0.15) is 0 Å². The fourth-order valence-electron chi connectivity index (χ4n) is 5.72. The van der Waals surface area contributed by atoms with Crippen molar-refractivity contribution in [3.8, 4) is 16.9 Å². The van der Waals surface area contributed by atoms with Gasteiger partial charge in [-0.05, 0) is 90.6 Å². The average Bonchev–Trinajstić information content (AvgIpc) is 2.97. The van der Waals surface area contributed by atoms with E-state index in [2.05, 4.69) is 70.2 Å². The molecule has 0 amide bonds. The first-order valence-electron chi connectivity index (χ1n) is 14.5. The molecule has 3 rings (SSSR count). The molecule has 3 aromatic rings. The van der Waals surface area contributed by atoms with E-state index in [-0.39, 0.29) is 17.8 Å². The average molecular weight is 543 g/mol. The van der Waals surface area contributed by atoms with Crippen LogP contribution in [0.2, 0.25) is 0 Å². The lowest BCUT2D eigenvalue weighted by Crippen LogP contribution is -2.26. The summed E-state index contributed by atoms with van der Waals surface area (Å²) >= 11 is 0. The van der Waals surface area contributed by atoms with E-state index in [4.69, 9.17) is 9.47 Å². The zero-order chi connectivity index (χ0) is 29.5. The van der Waals surface area contributed by atoms with Crippen LogP contribution in [0.5, 0.6) is 5.75 Å². The number of methoxy groups -OCH3 is 2. The molecule has 3 aromatic carbocycles. The maximum Gasteiger partial charge on any atom is 0.310 e. The predicted molar refractivity (Wildman–Crippen MR) is 166 cm³/mol. The van der Waals surface area contributed by atoms with Crippen molar-refractivity contribution >= 4 is 12.0 Å². The maximum absolute atomic E-state index is 12.0. The van der Waals surface area contributed by atoms with E-state index in [9.17, 15) is 9.90 Å². The van der Waals surface area contributed by atoms with E-state index < -0.39 is 5.60 Å². The Bertz CT molecular complexity index is 1340. The Kier molecular flexibility index (Phi) is 10.4. The van der Waals surface area contributed by atoms with E-state index in [1.807, 2.05) is 38.1 Å². The number of aliphatic hydroxyl groups is 1. The molecule has 0 aromatic heterocycles. The fraction of sp³-hybridized carbons (Fsp3) is 0.417. The largest absolute Gasteiger partial charge is 0.496 e. The second kappa shape index (κ2) is 13.3. The third kappa shape index (κ3) is 6.50. The topological polar surface area (TPSA) is 55.8 Å². The van der Waals surface area contributed by atoms with Crippen LogP contribution in [0.15, 0.2) is 60.7 Å². The van der Waals surface area contributed by atoms with Gasteiger partial charge in [0.25, 0.3) is 0 Å². The molecule has 0 aliphatic carbocycles. The number of aryl methyl sites for hydroxylation is 2. The minimum absolute atomic E-state index is 0.111. The summed E-state index contributed by atoms with van der Waals surface area (Å²) in [6, 6.07) is 19.5. The van der Waals surface area contributed by atoms with Crippen molar-refractivity contribution in [3.05, 3.63) is 94.1 Å². The highest BCUT2D eigenvalue weighted by molar-refractivity contribution is 5.76. The molecule has 0 radical (unpaired) electrons. The number of benzene rings is 3. The molecule has 0 spiro atoms. The van der Waals surface area contributed by atoms with Crippen molar-refractivity contribution in [2.24, 2.45) is 0 Å². The van der Waals surface area contributed by atoms with Crippen LogP contribution in [-0.2, 0) is 21.4 Å². The molecule has 1 N–H and O–H groups in total. The molecule has 40 heavy (non-hydrogen) atoms. The van der Waals surface area contributed by atoms with Gasteiger partial charge in [0.2, 0.25) is 0 Å². The van der Waals surface area contributed by atoms with Crippen LogP contribution in [0.1, 0.15) is 86.8 Å². The molecule has 0 unspecified atom stereocenters. The molecule has 0 saturated heterocycles. The summed E-state index contributed by atoms with van der Waals surface area (Å²) in [5.41, 5.74) is 8.27. The highest BCUT2D eigenvalue weighted by Crippen LogP contribution is 2.41. The van der Waals surface area contributed by atoms with Gasteiger partial charge < -0.3 is 14.6 Å². The highest BCUT2D eigenvalue weighted by Gasteiger charge is 2.31. The van der Waals surface area contributed by atoms with Gasteiger partial charge in [0.15, 0.2) is 0 Å². The number of carbonyl (C=O) groups is 1. The molecule has 0 heterocycles. The van der Waals surface area contributed by atoms with Gasteiger partial charge in [0, 0.05) is 11.0 Å². The van der Waals surface area contributed by atoms with Crippen molar-refractivity contribution in [2.45, 2.75) is 84.7 Å². The molecule has 4 heteroatoms. The Labute approximate surface area is 241 Å². The normalized spacial score (nSPS) is 12.1. The number of rotatable bonds is 12. The zero-order valence-electron chi connectivity index (χ0n) is 25.6. The first-order valence-corrected chi connectivity index (χ1v) is 14.5. The molecular weight excluding hydrogens is 496 g/mol. The molecule has 4 nitrogen and oxygen atoms in total. The van der Waals surface area contributed by atoms with Crippen LogP contribution < -0.4 is 4.74 Å². The lowest BCUT2D eigenvalue weighted by Gasteiger charge is -2.34. The van der Waals surface area contributed by atoms with E-state index in [0.717, 1.165) is 35.1 Å². The van der Waals surface area contributed by atoms with Crippen LogP contribution in [0.25, 0.3) is 17.2 Å². The fourth-order valence-corrected chi connectivity index (χ4v) is 5.72. The Morgan fingerprint density at radius 2 is 1.45 bits per heavy atom. The Morgan fingerprint density at radius 3 is 1.98 bits per heavy atom. The van der Waals surface area contributed by atoms with E-state index in [1.165, 1.54) is 29.4 Å². The summed E-state index contributed by atoms with van der Waals surface area (Å²) in [7, 11) is 3.02. The lowest BCUT2D eigenvalue weighted by molar-refractivity contribution is -0.139. The molecule has 0 aliphatic heterocycles. The molecular formula is C36H46O4. The van der Waals surface area contributed by atoms with E-state index in [0.29, 0.717) is 18.6 Å². The van der Waals surface area contributed by atoms with E-state index >= 15 is 0 Å². The van der Waals surface area contributed by atoms with Crippen molar-refractivity contribution in [1.29, 1.82) is 0 Å². The van der Waals surface area contributed by atoms with Crippen LogP contribution in [0.4, 0.5) is 0 Å². The second-order valence-corrected chi connectivity index (χ2v) is 10.8. The van der Waals surface area contributed by atoms with Gasteiger partial charge in [0.05, 0.1) is 26.2 Å². The summed E-state index contributed by atoms with van der Waals surface area (Å²) in [6.07, 6.45) is 7.53. The summed E-state index contributed by atoms with van der Waals surface area (Å²) in [5, 5.41) is 10.7. The summed E-state index contributed by atoms with van der Waals surface area (Å²) < 4.78 is 10.4. The lowest BCUT2D eigenvalue weighted by atomic mass is 9.69. The van der Waals surface area contributed by atoms with Crippen molar-refractivity contribution in [1.82, 2.24) is 0 Å². The SMILES string of the molecule is CCC(O)(C=Cc1ccc(C(CC)(CC)c2ccc(-c3ccc(OC)c(CC(=O)OC)c3)c(C)c2)cc1C)CC. The van der Waals surface area contributed by atoms with E-state index in [1.54, 1.807) is 7.11 Å². The van der Waals surface area contributed by atoms with Crippen LogP contribution in [0.3, 0.4) is 0 Å². The number of carbonyl (C=O) groups excluding carboxylic acids is 1. The highest BCUT2D eigenvalue weighted by atomic mass is 16.5. The van der Waals surface area contributed by atoms with Crippen LogP contribution >= 0.6 is 0 Å². The van der Waals surface area contributed by atoms with Gasteiger partial charge in [0.1, 0.15) is 5.75 Å². The number of ether oxygens (including phenoxy) is 2. The minimum atomic E-state index is -0.759. The Balaban J connectivity index is 2.01. The molecule has 0 saturated carbocycles.